The molecule has 3 heterocycles. The maximum Gasteiger partial charge on any atom is 0.279 e. The third kappa shape index (κ3) is 4.11. The summed E-state index contributed by atoms with van der Waals surface area (Å²) in [6.07, 6.45) is -0.354. The maximum atomic E-state index is 14.1. The van der Waals surface area contributed by atoms with Gasteiger partial charge in [-0.05, 0) is 22.0 Å². The van der Waals surface area contributed by atoms with E-state index in [0.717, 1.165) is 13.3 Å². The van der Waals surface area contributed by atoms with Gasteiger partial charge in [0.2, 0.25) is 11.7 Å². The maximum absolute atomic E-state index is 14.1. The number of anilines is 1. The van der Waals surface area contributed by atoms with Crippen LogP contribution in [0.3, 0.4) is 0 Å². The zero-order valence-corrected chi connectivity index (χ0v) is 16.3. The second kappa shape index (κ2) is 7.79. The first kappa shape index (κ1) is 20.1. The molecule has 0 unspecified atom stereocenters. The van der Waals surface area contributed by atoms with Crippen molar-refractivity contribution in [2.45, 2.75) is 11.5 Å². The zero-order valence-electron chi connectivity index (χ0n) is 13.9. The van der Waals surface area contributed by atoms with Crippen molar-refractivity contribution in [2.24, 2.45) is 0 Å². The first-order chi connectivity index (χ1) is 13.2. The summed E-state index contributed by atoms with van der Waals surface area (Å²) < 4.78 is 77.1. The van der Waals surface area contributed by atoms with Crippen molar-refractivity contribution >= 4 is 37.4 Å². The Hall–Kier alpha value is -2.61. The molecule has 0 radical (unpaired) electrons. The molecule has 0 saturated heterocycles. The highest BCUT2D eigenvalue weighted by Gasteiger charge is 2.24. The average Bonchev–Trinajstić information content (AvgIpc) is 3.04. The van der Waals surface area contributed by atoms with E-state index < -0.39 is 34.8 Å². The summed E-state index contributed by atoms with van der Waals surface area (Å²) in [5.74, 6) is -2.16. The number of pyridine rings is 1. The average molecular weight is 482 g/mol. The van der Waals surface area contributed by atoms with E-state index in [0.29, 0.717) is 10.7 Å². The number of fused-ring (bicyclic) bond motifs is 1. The number of imidazole rings is 1. The van der Waals surface area contributed by atoms with Crippen molar-refractivity contribution in [2.75, 3.05) is 18.4 Å². The van der Waals surface area contributed by atoms with Crippen LogP contribution in [0.2, 0.25) is 0 Å². The molecular weight excluding hydrogens is 471 g/mol. The first-order valence-corrected chi connectivity index (χ1v) is 9.67. The fourth-order valence-electron chi connectivity index (χ4n) is 2.15. The van der Waals surface area contributed by atoms with Crippen molar-refractivity contribution in [1.82, 2.24) is 19.4 Å². The van der Waals surface area contributed by atoms with Gasteiger partial charge in [-0.2, -0.15) is 13.4 Å². The highest BCUT2D eigenvalue weighted by Crippen LogP contribution is 2.30. The van der Waals surface area contributed by atoms with Crippen LogP contribution in [0.4, 0.5) is 18.9 Å². The largest absolute Gasteiger partial charge is 0.479 e. The number of nitrogens with zero attached hydrogens (tertiary/aromatic N) is 4. The van der Waals surface area contributed by atoms with Crippen molar-refractivity contribution < 1.29 is 31.1 Å². The van der Waals surface area contributed by atoms with Crippen LogP contribution in [0.1, 0.15) is 0 Å². The van der Waals surface area contributed by atoms with Gasteiger partial charge in [-0.25, -0.2) is 23.1 Å². The van der Waals surface area contributed by atoms with E-state index in [1.165, 1.54) is 16.7 Å². The molecule has 1 N–H and O–H groups in total. The summed E-state index contributed by atoms with van der Waals surface area (Å²) in [6.45, 7) is -1.08. The van der Waals surface area contributed by atoms with Crippen molar-refractivity contribution in [1.29, 1.82) is 0 Å². The standard InChI is InChI=1S/C14H11BrF3N5O4S/c1-26-13-8(4-7(16)12(21-13)27-6-10(17)18)22-28(24,25)11-5-19-14-20-9(15)2-3-23(11)14/h2-5,10,22H,6H2,1H3. The molecule has 0 aliphatic heterocycles. The highest BCUT2D eigenvalue weighted by molar-refractivity contribution is 9.10. The zero-order chi connectivity index (χ0) is 20.5. The molecule has 0 aromatic carbocycles. The van der Waals surface area contributed by atoms with Crippen LogP contribution < -0.4 is 14.2 Å². The number of ether oxygens (including phenoxy) is 2. The lowest BCUT2D eigenvalue weighted by Crippen LogP contribution is -2.17. The van der Waals surface area contributed by atoms with E-state index in [2.05, 4.69) is 40.3 Å². The molecule has 9 nitrogen and oxygen atoms in total. The number of rotatable bonds is 7. The van der Waals surface area contributed by atoms with Crippen molar-refractivity contribution in [3.05, 3.63) is 34.9 Å². The van der Waals surface area contributed by atoms with Crippen LogP contribution in [0.25, 0.3) is 5.78 Å². The number of nitrogens with one attached hydrogen (secondary N) is 1. The topological polar surface area (TPSA) is 108 Å². The Morgan fingerprint density at radius 1 is 1.32 bits per heavy atom. The SMILES string of the molecule is COc1nc(OCC(F)F)c(F)cc1NS(=O)(=O)c1cnc2nc(Br)ccn12. The van der Waals surface area contributed by atoms with Crippen molar-refractivity contribution in [3.8, 4) is 11.8 Å². The quantitative estimate of drug-likeness (QED) is 0.516. The summed E-state index contributed by atoms with van der Waals surface area (Å²) in [4.78, 5) is 11.5. The molecule has 3 aromatic heterocycles. The summed E-state index contributed by atoms with van der Waals surface area (Å²) in [5.41, 5.74) is -0.357. The monoisotopic (exact) mass is 481 g/mol. The van der Waals surface area contributed by atoms with E-state index in [9.17, 15) is 21.6 Å². The van der Waals surface area contributed by atoms with Crippen LogP contribution in [-0.2, 0) is 10.0 Å². The van der Waals surface area contributed by atoms with Crippen LogP contribution in [0, 0.1) is 5.82 Å². The number of alkyl halides is 2. The molecule has 0 atom stereocenters. The van der Waals surface area contributed by atoms with E-state index >= 15 is 0 Å². The molecule has 0 aliphatic carbocycles. The van der Waals surface area contributed by atoms with Gasteiger partial charge in [-0.15, -0.1) is 0 Å². The molecule has 0 bridgehead atoms. The van der Waals surface area contributed by atoms with E-state index in [4.69, 9.17) is 4.74 Å². The Morgan fingerprint density at radius 3 is 2.75 bits per heavy atom. The van der Waals surface area contributed by atoms with Gasteiger partial charge in [0.25, 0.3) is 22.3 Å². The van der Waals surface area contributed by atoms with Gasteiger partial charge in [-0.3, -0.25) is 9.12 Å². The summed E-state index contributed by atoms with van der Waals surface area (Å²) >= 11 is 3.15. The minimum atomic E-state index is -4.25. The smallest absolute Gasteiger partial charge is 0.279 e. The van der Waals surface area contributed by atoms with Gasteiger partial charge < -0.3 is 9.47 Å². The number of hydrogen-bond donors (Lipinski definition) is 1. The Morgan fingerprint density at radius 2 is 2.07 bits per heavy atom. The van der Waals surface area contributed by atoms with E-state index in [1.807, 2.05) is 0 Å². The minimum absolute atomic E-state index is 0.113. The fraction of sp³-hybridized carbons (Fsp3) is 0.214. The molecular formula is C14H11BrF3N5O4S. The molecule has 0 saturated carbocycles. The van der Waals surface area contributed by atoms with Gasteiger partial charge in [0, 0.05) is 12.3 Å². The van der Waals surface area contributed by atoms with Crippen LogP contribution in [0.15, 0.2) is 34.2 Å². The van der Waals surface area contributed by atoms with E-state index in [1.54, 1.807) is 0 Å². The molecule has 3 rings (SSSR count). The molecule has 0 aliphatic rings. The lowest BCUT2D eigenvalue weighted by molar-refractivity contribution is 0.0770. The third-order valence-electron chi connectivity index (χ3n) is 3.28. The van der Waals surface area contributed by atoms with Crippen LogP contribution >= 0.6 is 15.9 Å². The van der Waals surface area contributed by atoms with Crippen molar-refractivity contribution in [3.63, 3.8) is 0 Å². The number of hydrogen-bond acceptors (Lipinski definition) is 7. The normalized spacial score (nSPS) is 11.8. The summed E-state index contributed by atoms with van der Waals surface area (Å²) in [7, 11) is -3.11. The predicted octanol–water partition coefficient (Wildman–Crippen LogP) is 2.48. The third-order valence-corrected chi connectivity index (χ3v) is 5.06. The molecule has 0 fully saturated rings. The Labute approximate surface area is 164 Å². The first-order valence-electron chi connectivity index (χ1n) is 7.39. The minimum Gasteiger partial charge on any atom is -0.479 e. The van der Waals surface area contributed by atoms with Crippen LogP contribution in [0.5, 0.6) is 11.8 Å². The van der Waals surface area contributed by atoms with Gasteiger partial charge in [0.1, 0.15) is 10.3 Å². The molecule has 0 spiro atoms. The van der Waals surface area contributed by atoms with E-state index in [-0.39, 0.29) is 22.4 Å². The highest BCUT2D eigenvalue weighted by atomic mass is 79.9. The summed E-state index contributed by atoms with van der Waals surface area (Å²) in [5, 5.41) is -0.275. The fourth-order valence-corrected chi connectivity index (χ4v) is 3.56. The second-order valence-electron chi connectivity index (χ2n) is 5.16. The van der Waals surface area contributed by atoms with Crippen LogP contribution in [-0.4, -0.2) is 47.9 Å². The number of aromatic nitrogens is 4. The van der Waals surface area contributed by atoms with Gasteiger partial charge in [-0.1, -0.05) is 0 Å². The number of methoxy groups -OCH3 is 1. The van der Waals surface area contributed by atoms with Gasteiger partial charge >= 0.3 is 0 Å². The molecule has 28 heavy (non-hydrogen) atoms. The predicted molar refractivity (Wildman–Crippen MR) is 93.7 cm³/mol. The molecule has 150 valence electrons. The lowest BCUT2D eigenvalue weighted by Gasteiger charge is -2.13. The van der Waals surface area contributed by atoms with Gasteiger partial charge in [0.05, 0.1) is 13.3 Å². The van der Waals surface area contributed by atoms with Gasteiger partial charge in [0.15, 0.2) is 17.5 Å². The number of sulfonamides is 1. The second-order valence-corrected chi connectivity index (χ2v) is 7.60. The Bertz CT molecular complexity index is 1130. The summed E-state index contributed by atoms with van der Waals surface area (Å²) in [6, 6.07) is 2.22. The molecule has 14 heteroatoms. The Balaban J connectivity index is 1.96. The number of halogens is 4. The molecule has 3 aromatic rings. The Kier molecular flexibility index (Phi) is 5.60. The molecule has 0 amide bonds. The lowest BCUT2D eigenvalue weighted by atomic mass is 10.4.